The van der Waals surface area contributed by atoms with Crippen LogP contribution in [0.4, 0.5) is 0 Å². The van der Waals surface area contributed by atoms with Crippen molar-refractivity contribution < 1.29 is 77.4 Å². The van der Waals surface area contributed by atoms with E-state index in [0.29, 0.717) is 0 Å². The number of rotatable bonds is 0. The third kappa shape index (κ3) is 970. The van der Waals surface area contributed by atoms with Crippen LogP contribution < -0.4 is 0 Å². The predicted octanol–water partition coefficient (Wildman–Crippen LogP) is -2.05. The van der Waals surface area contributed by atoms with Crippen molar-refractivity contribution in [1.82, 2.24) is 0 Å². The van der Waals surface area contributed by atoms with E-state index in [1.54, 1.807) is 0 Å². The summed E-state index contributed by atoms with van der Waals surface area (Å²) in [5.41, 5.74) is 0. The van der Waals surface area contributed by atoms with Crippen molar-refractivity contribution in [3.05, 3.63) is 107 Å². The third-order valence-corrected chi connectivity index (χ3v) is 0. The van der Waals surface area contributed by atoms with Crippen LogP contribution in [-0.2, 0) is 0 Å². The van der Waals surface area contributed by atoms with Crippen LogP contribution in [0, 0.1) is 149 Å². The molecule has 0 saturated carbocycles. The van der Waals surface area contributed by atoms with Gasteiger partial charge in [-0.15, -0.1) is 0 Å². The van der Waals surface area contributed by atoms with Gasteiger partial charge in [0.2, 0.25) is 0 Å². The molecule has 30 heavy (non-hydrogen) atoms. The van der Waals surface area contributed by atoms with Gasteiger partial charge in [0.1, 0.15) is 0 Å². The monoisotopic (exact) mass is 601 g/mol. The molecule has 168 valence electrons. The second-order valence-corrected chi connectivity index (χ2v) is 1.57. The van der Waals surface area contributed by atoms with E-state index in [1.165, 1.54) is 0 Å². The summed E-state index contributed by atoms with van der Waals surface area (Å²) in [5.74, 6) is 0. The zero-order valence-electron chi connectivity index (χ0n) is 12.8. The van der Waals surface area contributed by atoms with Crippen molar-refractivity contribution in [1.29, 1.82) is 0 Å². The van der Waals surface area contributed by atoms with Gasteiger partial charge in [0, 0.05) is 0 Å². The number of nitrogens with zero attached hydrogens (tertiary/aromatic N) is 7. The van der Waals surface area contributed by atoms with E-state index in [9.17, 15) is 0 Å². The molecule has 0 saturated heterocycles. The molecule has 0 atom stereocenters. The number of hydrogen-bond acceptors (Lipinski definition) is 21. The van der Waals surface area contributed by atoms with Gasteiger partial charge in [0.15, 0.2) is 0 Å². The fourth-order valence-corrected chi connectivity index (χ4v) is 0. The van der Waals surface area contributed by atoms with E-state index in [2.05, 4.69) is 0 Å². The molecule has 0 aliphatic heterocycles. The molecule has 0 radical (unpaired) electrons. The first-order valence-electron chi connectivity index (χ1n) is 3.83. The van der Waals surface area contributed by atoms with Gasteiger partial charge in [-0.25, -0.2) is 0 Å². The van der Waals surface area contributed by atoms with Gasteiger partial charge < -0.3 is 107 Å². The second-order valence-electron chi connectivity index (χ2n) is 1.57. The minimum atomic E-state index is -1.75. The molecular weight excluding hydrogens is 601 g/mol. The van der Waals surface area contributed by atoms with Crippen LogP contribution in [0.25, 0.3) is 0 Å². The van der Waals surface area contributed by atoms with Crippen LogP contribution >= 0.6 is 0 Å². The van der Waals surface area contributed by atoms with E-state index >= 15 is 0 Å². The molecule has 0 amide bonds. The van der Waals surface area contributed by atoms with Crippen LogP contribution in [0.15, 0.2) is 0 Å². The van der Waals surface area contributed by atoms with Crippen LogP contribution in [-0.4, -0.2) is 53.0 Å². The quantitative estimate of drug-likeness (QED) is 0.164. The first-order valence-corrected chi connectivity index (χ1v) is 3.83. The summed E-state index contributed by atoms with van der Waals surface area (Å²) >= 11 is 0. The molecule has 0 rings (SSSR count). The molecule has 28 nitrogen and oxygen atoms in total. The molecule has 0 spiro atoms. The summed E-state index contributed by atoms with van der Waals surface area (Å²) in [6.45, 7) is 0. The van der Waals surface area contributed by atoms with Crippen LogP contribution in [0.3, 0.4) is 0 Å². The van der Waals surface area contributed by atoms with Crippen molar-refractivity contribution in [3.63, 3.8) is 0 Å². The molecule has 0 heterocycles. The van der Waals surface area contributed by atoms with Crippen molar-refractivity contribution >= 4 is 17.4 Å². The standard InChI is InChI=1S/Al.Ce.7NO3/c;;7*2-1(3)4/q+3;+4;7*-1. The molecule has 0 aliphatic carbocycles. The molecule has 0 N–H and O–H groups in total. The molecule has 0 aromatic carbocycles. The van der Waals surface area contributed by atoms with E-state index in [4.69, 9.17) is 107 Å². The van der Waals surface area contributed by atoms with Gasteiger partial charge in [-0.3, -0.25) is 0 Å². The Morgan fingerprint density at radius 1 is 0.267 bits per heavy atom. The normalized spacial score (nSPS) is 5.60. The van der Waals surface area contributed by atoms with Gasteiger partial charge in [-0.05, 0) is 0 Å². The SMILES string of the molecule is O=[N+]([O-])[O-].O=[N+]([O-])[O-].O=[N+]([O-])[O-].O=[N+]([O-])[O-].O=[N+]([O-])[O-].O=[N+]([O-])[O-].O=[N+]([O-])[O-].[Al+3].[Ce+4]. The maximum Gasteiger partial charge on any atom is 4.00 e. The Morgan fingerprint density at radius 3 is 0.267 bits per heavy atom. The van der Waals surface area contributed by atoms with Crippen molar-refractivity contribution in [3.8, 4) is 0 Å². The average molecular weight is 601 g/mol. The van der Waals surface area contributed by atoms with E-state index in [0.717, 1.165) is 0 Å². The zero-order valence-corrected chi connectivity index (χ0v) is 17.1. The minimum absolute atomic E-state index is 0. The summed E-state index contributed by atoms with van der Waals surface area (Å²) in [6.07, 6.45) is 0. The predicted molar refractivity (Wildman–Crippen MR) is 78.3 cm³/mol. The fraction of sp³-hybridized carbons (Fsp3) is 0. The summed E-state index contributed by atoms with van der Waals surface area (Å²) < 4.78 is 0. The summed E-state index contributed by atoms with van der Waals surface area (Å²) in [7, 11) is 0. The van der Waals surface area contributed by atoms with Crippen LogP contribution in [0.5, 0.6) is 0 Å². The summed E-state index contributed by atoms with van der Waals surface area (Å²) in [5, 5.41) is 103. The van der Waals surface area contributed by atoms with Gasteiger partial charge in [-0.2, -0.15) is 0 Å². The van der Waals surface area contributed by atoms with Crippen molar-refractivity contribution in [2.45, 2.75) is 0 Å². The first kappa shape index (κ1) is 56.2. The zero-order chi connectivity index (χ0) is 25.0. The van der Waals surface area contributed by atoms with Gasteiger partial charge in [-0.1, -0.05) is 0 Å². The second kappa shape index (κ2) is 49.9. The Morgan fingerprint density at radius 2 is 0.267 bits per heavy atom. The minimum Gasteiger partial charge on any atom is -0.356 e. The van der Waals surface area contributed by atoms with Gasteiger partial charge >= 0.3 is 59.1 Å². The van der Waals surface area contributed by atoms with Crippen molar-refractivity contribution in [2.75, 3.05) is 0 Å². The summed E-state index contributed by atoms with van der Waals surface area (Å²) in [4.78, 5) is 57.8. The van der Waals surface area contributed by atoms with E-state index in [1.807, 2.05) is 0 Å². The van der Waals surface area contributed by atoms with Gasteiger partial charge in [0.05, 0.1) is 35.6 Å². The van der Waals surface area contributed by atoms with Gasteiger partial charge in [0.25, 0.3) is 0 Å². The summed E-state index contributed by atoms with van der Waals surface area (Å²) in [6, 6.07) is 0. The Balaban J connectivity index is -0.0000000242. The third-order valence-electron chi connectivity index (χ3n) is 0. The molecule has 0 bridgehead atoms. The molecule has 30 heteroatoms. The first-order chi connectivity index (χ1) is 12.1. The molecule has 0 aliphatic rings. The Hall–Kier alpha value is -3.69. The number of hydrogen-bond donors (Lipinski definition) is 0. The van der Waals surface area contributed by atoms with E-state index in [-0.39, 0.29) is 59.1 Å². The van der Waals surface area contributed by atoms with E-state index < -0.39 is 35.6 Å². The Bertz CT molecular complexity index is 314. The Kier molecular flexibility index (Phi) is 93.6. The molecule has 0 unspecified atom stereocenters. The maximum absolute atomic E-state index is 8.25. The average Bonchev–Trinajstić information content (AvgIpc) is 2.20. The molecule has 0 aromatic rings. The smallest absolute Gasteiger partial charge is 0.356 e. The van der Waals surface area contributed by atoms with Crippen molar-refractivity contribution in [2.24, 2.45) is 0 Å². The largest absolute Gasteiger partial charge is 4.00 e. The Labute approximate surface area is 201 Å². The molecular formula is AlCeN7O21. The topological polar surface area (TPSA) is 463 Å². The van der Waals surface area contributed by atoms with Crippen LogP contribution in [0.1, 0.15) is 0 Å². The molecule has 0 aromatic heterocycles. The molecule has 0 fully saturated rings. The maximum atomic E-state index is 8.25. The fourth-order valence-electron chi connectivity index (χ4n) is 0. The van der Waals surface area contributed by atoms with Crippen LogP contribution in [0.2, 0.25) is 0 Å².